The van der Waals surface area contributed by atoms with Crippen LogP contribution in [-0.2, 0) is 9.59 Å². The van der Waals surface area contributed by atoms with Crippen LogP contribution in [-0.4, -0.2) is 23.0 Å². The number of carbonyl (C=O) groups is 2. The lowest BCUT2D eigenvalue weighted by Crippen LogP contribution is -2.37. The van der Waals surface area contributed by atoms with Crippen molar-refractivity contribution in [1.82, 2.24) is 0 Å². The molecule has 0 aliphatic rings. The van der Waals surface area contributed by atoms with Crippen molar-refractivity contribution in [3.8, 4) is 0 Å². The molecule has 0 aliphatic carbocycles. The standard InChI is InChI=1S/C13H18N2O3/c1-8(2)9-4-3-5-10(6-9)15-13(18)11(14)7-12(16)17/h3-6,8,11H,7,14H2,1-2H3,(H,15,18)(H,16,17). The van der Waals surface area contributed by atoms with Gasteiger partial charge in [-0.3, -0.25) is 9.59 Å². The maximum atomic E-state index is 11.6. The Bertz CT molecular complexity index is 444. The third-order valence-corrected chi connectivity index (χ3v) is 2.55. The SMILES string of the molecule is CC(C)c1cccc(NC(=O)C(N)CC(=O)O)c1. The fraction of sp³-hybridized carbons (Fsp3) is 0.385. The first kappa shape index (κ1) is 14.2. The lowest BCUT2D eigenvalue weighted by Gasteiger charge is -2.12. The van der Waals surface area contributed by atoms with Crippen molar-refractivity contribution in [2.75, 3.05) is 5.32 Å². The third kappa shape index (κ3) is 4.18. The average molecular weight is 250 g/mol. The van der Waals surface area contributed by atoms with E-state index in [-0.39, 0.29) is 6.42 Å². The van der Waals surface area contributed by atoms with Crippen molar-refractivity contribution >= 4 is 17.6 Å². The number of aliphatic carboxylic acids is 1. The van der Waals surface area contributed by atoms with E-state index >= 15 is 0 Å². The zero-order chi connectivity index (χ0) is 13.7. The first-order valence-electron chi connectivity index (χ1n) is 5.78. The van der Waals surface area contributed by atoms with Crippen molar-refractivity contribution in [2.24, 2.45) is 5.73 Å². The Hall–Kier alpha value is -1.88. The second-order valence-corrected chi connectivity index (χ2v) is 4.47. The van der Waals surface area contributed by atoms with E-state index in [1.54, 1.807) is 6.07 Å². The minimum Gasteiger partial charge on any atom is -0.481 e. The minimum absolute atomic E-state index is 0.356. The van der Waals surface area contributed by atoms with Gasteiger partial charge in [0.15, 0.2) is 0 Å². The Balaban J connectivity index is 2.69. The molecule has 0 saturated carbocycles. The number of benzene rings is 1. The molecule has 0 bridgehead atoms. The van der Waals surface area contributed by atoms with Crippen LogP contribution in [0.5, 0.6) is 0 Å². The van der Waals surface area contributed by atoms with E-state index in [2.05, 4.69) is 19.2 Å². The number of anilines is 1. The molecule has 0 heterocycles. The van der Waals surface area contributed by atoms with Gasteiger partial charge in [0.25, 0.3) is 0 Å². The van der Waals surface area contributed by atoms with Gasteiger partial charge < -0.3 is 16.2 Å². The first-order chi connectivity index (χ1) is 8.40. The molecule has 1 atom stereocenters. The van der Waals surface area contributed by atoms with Gasteiger partial charge in [-0.05, 0) is 23.6 Å². The summed E-state index contributed by atoms with van der Waals surface area (Å²) < 4.78 is 0. The van der Waals surface area contributed by atoms with E-state index in [1.165, 1.54) is 0 Å². The monoisotopic (exact) mass is 250 g/mol. The van der Waals surface area contributed by atoms with Crippen molar-refractivity contribution in [1.29, 1.82) is 0 Å². The number of carboxylic acids is 1. The van der Waals surface area contributed by atoms with Crippen molar-refractivity contribution < 1.29 is 14.7 Å². The highest BCUT2D eigenvalue weighted by atomic mass is 16.4. The van der Waals surface area contributed by atoms with Gasteiger partial charge in [0.1, 0.15) is 0 Å². The lowest BCUT2D eigenvalue weighted by molar-refractivity contribution is -0.138. The van der Waals surface area contributed by atoms with Crippen LogP contribution in [0.15, 0.2) is 24.3 Å². The highest BCUT2D eigenvalue weighted by molar-refractivity contribution is 5.96. The summed E-state index contributed by atoms with van der Waals surface area (Å²) in [6.45, 7) is 4.11. The largest absolute Gasteiger partial charge is 0.481 e. The number of carboxylic acid groups (broad SMARTS) is 1. The van der Waals surface area contributed by atoms with E-state index in [1.807, 2.05) is 18.2 Å². The van der Waals surface area contributed by atoms with Crippen LogP contribution >= 0.6 is 0 Å². The second kappa shape index (κ2) is 6.16. The maximum Gasteiger partial charge on any atom is 0.305 e. The van der Waals surface area contributed by atoms with E-state index in [0.29, 0.717) is 11.6 Å². The molecule has 0 aliphatic heterocycles. The predicted molar refractivity (Wildman–Crippen MR) is 69.4 cm³/mol. The zero-order valence-electron chi connectivity index (χ0n) is 10.5. The Morgan fingerprint density at radius 1 is 1.39 bits per heavy atom. The molecule has 1 aromatic rings. The molecule has 0 aromatic heterocycles. The summed E-state index contributed by atoms with van der Waals surface area (Å²) in [5.74, 6) is -1.22. The van der Waals surface area contributed by atoms with E-state index in [9.17, 15) is 9.59 Å². The number of hydrogen-bond acceptors (Lipinski definition) is 3. The van der Waals surface area contributed by atoms with Gasteiger partial charge in [0, 0.05) is 5.69 Å². The van der Waals surface area contributed by atoms with Crippen molar-refractivity contribution in [3.63, 3.8) is 0 Å². The number of rotatable bonds is 5. The summed E-state index contributed by atoms with van der Waals surface area (Å²) in [7, 11) is 0. The van der Waals surface area contributed by atoms with Crippen LogP contribution in [0.2, 0.25) is 0 Å². The second-order valence-electron chi connectivity index (χ2n) is 4.47. The number of nitrogens with one attached hydrogen (secondary N) is 1. The third-order valence-electron chi connectivity index (χ3n) is 2.55. The molecule has 5 heteroatoms. The van der Waals surface area contributed by atoms with Crippen molar-refractivity contribution in [2.45, 2.75) is 32.2 Å². The molecule has 1 aromatic carbocycles. The summed E-state index contributed by atoms with van der Waals surface area (Å²) in [5.41, 5.74) is 7.20. The normalized spacial score (nSPS) is 12.2. The molecule has 0 saturated heterocycles. The summed E-state index contributed by atoms with van der Waals surface area (Å²) in [6, 6.07) is 6.38. The summed E-state index contributed by atoms with van der Waals surface area (Å²) >= 11 is 0. The molecule has 98 valence electrons. The fourth-order valence-corrected chi connectivity index (χ4v) is 1.49. The Morgan fingerprint density at radius 2 is 2.06 bits per heavy atom. The van der Waals surface area contributed by atoms with Crippen LogP contribution < -0.4 is 11.1 Å². The molecule has 1 rings (SSSR count). The van der Waals surface area contributed by atoms with Crippen LogP contribution in [0.1, 0.15) is 31.7 Å². The van der Waals surface area contributed by atoms with Gasteiger partial charge in [-0.2, -0.15) is 0 Å². The average Bonchev–Trinajstić information content (AvgIpc) is 2.28. The number of carbonyl (C=O) groups excluding carboxylic acids is 1. The van der Waals surface area contributed by atoms with E-state index in [0.717, 1.165) is 5.56 Å². The molecule has 1 unspecified atom stereocenters. The topological polar surface area (TPSA) is 92.4 Å². The van der Waals surface area contributed by atoms with Crippen LogP contribution in [0.4, 0.5) is 5.69 Å². The number of amides is 1. The van der Waals surface area contributed by atoms with Gasteiger partial charge >= 0.3 is 5.97 Å². The maximum absolute atomic E-state index is 11.6. The van der Waals surface area contributed by atoms with E-state index < -0.39 is 17.9 Å². The molecule has 5 nitrogen and oxygen atoms in total. The minimum atomic E-state index is -1.09. The van der Waals surface area contributed by atoms with Crippen LogP contribution in [0.3, 0.4) is 0 Å². The molecular weight excluding hydrogens is 232 g/mol. The van der Waals surface area contributed by atoms with Gasteiger partial charge in [0.05, 0.1) is 12.5 Å². The summed E-state index contributed by atoms with van der Waals surface area (Å²) in [4.78, 5) is 22.1. The van der Waals surface area contributed by atoms with Gasteiger partial charge in [-0.1, -0.05) is 26.0 Å². The van der Waals surface area contributed by atoms with Gasteiger partial charge in [-0.15, -0.1) is 0 Å². The molecule has 0 fully saturated rings. The van der Waals surface area contributed by atoms with Crippen molar-refractivity contribution in [3.05, 3.63) is 29.8 Å². The van der Waals surface area contributed by atoms with Crippen LogP contribution in [0, 0.1) is 0 Å². The molecular formula is C13H18N2O3. The number of nitrogens with two attached hydrogens (primary N) is 1. The summed E-state index contributed by atoms with van der Waals surface area (Å²) in [6.07, 6.45) is -0.379. The van der Waals surface area contributed by atoms with Crippen LogP contribution in [0.25, 0.3) is 0 Å². The molecule has 4 N–H and O–H groups in total. The molecule has 0 spiro atoms. The lowest BCUT2D eigenvalue weighted by atomic mass is 10.0. The Labute approximate surface area is 106 Å². The van der Waals surface area contributed by atoms with Gasteiger partial charge in [0.2, 0.25) is 5.91 Å². The number of hydrogen-bond donors (Lipinski definition) is 3. The Kier molecular flexibility index (Phi) is 4.85. The highest BCUT2D eigenvalue weighted by Gasteiger charge is 2.17. The highest BCUT2D eigenvalue weighted by Crippen LogP contribution is 2.18. The summed E-state index contributed by atoms with van der Waals surface area (Å²) in [5, 5.41) is 11.2. The molecule has 1 amide bonds. The first-order valence-corrected chi connectivity index (χ1v) is 5.78. The predicted octanol–water partition coefficient (Wildman–Crippen LogP) is 1.55. The smallest absolute Gasteiger partial charge is 0.305 e. The Morgan fingerprint density at radius 3 is 2.61 bits per heavy atom. The zero-order valence-corrected chi connectivity index (χ0v) is 10.5. The molecule has 18 heavy (non-hydrogen) atoms. The molecule has 0 radical (unpaired) electrons. The van der Waals surface area contributed by atoms with E-state index in [4.69, 9.17) is 10.8 Å². The quantitative estimate of drug-likeness (QED) is 0.739. The fourth-order valence-electron chi connectivity index (χ4n) is 1.49. The van der Waals surface area contributed by atoms with Gasteiger partial charge in [-0.25, -0.2) is 0 Å².